The van der Waals surface area contributed by atoms with Crippen molar-refractivity contribution < 1.29 is 14.1 Å². The molecule has 0 aliphatic heterocycles. The summed E-state index contributed by atoms with van der Waals surface area (Å²) in [5, 5.41) is 13.7. The topological polar surface area (TPSA) is 72.2 Å². The molecular formula is C16H15FN2O3. The third-order valence-corrected chi connectivity index (χ3v) is 3.21. The molecule has 0 heterocycles. The molecule has 0 radical (unpaired) electrons. The van der Waals surface area contributed by atoms with E-state index in [0.29, 0.717) is 5.56 Å². The van der Waals surface area contributed by atoms with Gasteiger partial charge in [0.25, 0.3) is 11.9 Å². The van der Waals surface area contributed by atoms with Gasteiger partial charge in [0.2, 0.25) is 0 Å². The largest absolute Gasteiger partial charge is 0.346 e. The molecule has 0 saturated carbocycles. The van der Waals surface area contributed by atoms with Gasteiger partial charge in [-0.15, -0.1) is 0 Å². The second kappa shape index (κ2) is 7.31. The van der Waals surface area contributed by atoms with Crippen molar-refractivity contribution in [3.8, 4) is 0 Å². The molecule has 1 unspecified atom stereocenters. The van der Waals surface area contributed by atoms with Crippen LogP contribution in [0.25, 0.3) is 0 Å². The Balaban J connectivity index is 1.99. The molecule has 0 saturated heterocycles. The van der Waals surface area contributed by atoms with Crippen LogP contribution in [0.5, 0.6) is 0 Å². The molecule has 0 aliphatic rings. The van der Waals surface area contributed by atoms with Crippen LogP contribution in [0.3, 0.4) is 0 Å². The van der Waals surface area contributed by atoms with Crippen molar-refractivity contribution in [2.24, 2.45) is 0 Å². The van der Waals surface area contributed by atoms with Gasteiger partial charge >= 0.3 is 0 Å². The molecule has 5 nitrogen and oxygen atoms in total. The first-order valence-electron chi connectivity index (χ1n) is 6.76. The van der Waals surface area contributed by atoms with E-state index in [0.717, 1.165) is 5.56 Å². The number of nitro groups is 1. The Hall–Kier alpha value is -2.76. The van der Waals surface area contributed by atoms with Gasteiger partial charge < -0.3 is 5.32 Å². The molecule has 1 amide bonds. The summed E-state index contributed by atoms with van der Waals surface area (Å²) in [4.78, 5) is 22.5. The SMILES string of the molecule is O=C(NCc1ccccc1)C(Cc1ccc(F)cc1)[N+](=O)[O-]. The number of hydrogen-bond donors (Lipinski definition) is 1. The van der Waals surface area contributed by atoms with E-state index in [1.54, 1.807) is 0 Å². The normalized spacial score (nSPS) is 11.7. The van der Waals surface area contributed by atoms with E-state index in [1.165, 1.54) is 24.3 Å². The second-order valence-electron chi connectivity index (χ2n) is 4.84. The van der Waals surface area contributed by atoms with Gasteiger partial charge in [-0.3, -0.25) is 14.9 Å². The van der Waals surface area contributed by atoms with Crippen LogP contribution in [0, 0.1) is 15.9 Å². The zero-order valence-corrected chi connectivity index (χ0v) is 11.7. The molecule has 114 valence electrons. The Kier molecular flexibility index (Phi) is 5.19. The minimum absolute atomic E-state index is 0.0755. The average molecular weight is 302 g/mol. The number of benzene rings is 2. The van der Waals surface area contributed by atoms with Crippen molar-refractivity contribution in [2.75, 3.05) is 0 Å². The van der Waals surface area contributed by atoms with Gasteiger partial charge in [0.15, 0.2) is 0 Å². The lowest BCUT2D eigenvalue weighted by Gasteiger charge is -2.10. The maximum atomic E-state index is 12.8. The highest BCUT2D eigenvalue weighted by molar-refractivity contribution is 5.80. The van der Waals surface area contributed by atoms with Crippen LogP contribution in [0.4, 0.5) is 4.39 Å². The number of nitrogens with zero attached hydrogens (tertiary/aromatic N) is 1. The smallest absolute Gasteiger partial charge is 0.295 e. The standard InChI is InChI=1S/C16H15FN2O3/c17-14-8-6-12(7-9-14)10-15(19(21)22)16(20)18-11-13-4-2-1-3-5-13/h1-9,15H,10-11H2,(H,18,20). The summed E-state index contributed by atoms with van der Waals surface area (Å²) in [5.74, 6) is -1.08. The number of carbonyl (C=O) groups excluding carboxylic acids is 1. The fourth-order valence-electron chi connectivity index (χ4n) is 2.01. The first-order chi connectivity index (χ1) is 10.6. The first kappa shape index (κ1) is 15.6. The highest BCUT2D eigenvalue weighted by Gasteiger charge is 2.29. The molecule has 1 N–H and O–H groups in total. The minimum Gasteiger partial charge on any atom is -0.346 e. The highest BCUT2D eigenvalue weighted by atomic mass is 19.1. The van der Waals surface area contributed by atoms with E-state index in [4.69, 9.17) is 0 Å². The quantitative estimate of drug-likeness (QED) is 0.657. The summed E-state index contributed by atoms with van der Waals surface area (Å²) in [7, 11) is 0. The summed E-state index contributed by atoms with van der Waals surface area (Å²) in [6.45, 7) is 0.230. The molecule has 2 aromatic rings. The first-order valence-corrected chi connectivity index (χ1v) is 6.76. The predicted octanol–water partition coefficient (Wildman–Crippen LogP) is 2.33. The molecule has 2 aromatic carbocycles. The number of halogens is 1. The van der Waals surface area contributed by atoms with Gasteiger partial charge in [-0.05, 0) is 23.3 Å². The molecule has 0 fully saturated rings. The van der Waals surface area contributed by atoms with Crippen molar-refractivity contribution in [3.63, 3.8) is 0 Å². The predicted molar refractivity (Wildman–Crippen MR) is 79.2 cm³/mol. The van der Waals surface area contributed by atoms with Crippen molar-refractivity contribution in [1.29, 1.82) is 0 Å². The maximum Gasteiger partial charge on any atom is 0.295 e. The molecule has 2 rings (SSSR count). The molecule has 22 heavy (non-hydrogen) atoms. The fourth-order valence-corrected chi connectivity index (χ4v) is 2.01. The number of carbonyl (C=O) groups is 1. The van der Waals surface area contributed by atoms with Gasteiger partial charge in [0.05, 0.1) is 0 Å². The number of nitrogens with one attached hydrogen (secondary N) is 1. The number of amides is 1. The van der Waals surface area contributed by atoms with Gasteiger partial charge in [-0.2, -0.15) is 0 Å². The lowest BCUT2D eigenvalue weighted by molar-refractivity contribution is -0.507. The van der Waals surface area contributed by atoms with Crippen LogP contribution in [0.2, 0.25) is 0 Å². The Bertz CT molecular complexity index is 644. The Morgan fingerprint density at radius 2 is 1.73 bits per heavy atom. The van der Waals surface area contributed by atoms with Crippen LogP contribution >= 0.6 is 0 Å². The Morgan fingerprint density at radius 3 is 2.32 bits per heavy atom. The zero-order chi connectivity index (χ0) is 15.9. The average Bonchev–Trinajstić information content (AvgIpc) is 2.52. The Morgan fingerprint density at radius 1 is 1.09 bits per heavy atom. The van der Waals surface area contributed by atoms with Crippen LogP contribution in [-0.2, 0) is 17.8 Å². The highest BCUT2D eigenvalue weighted by Crippen LogP contribution is 2.08. The lowest BCUT2D eigenvalue weighted by Crippen LogP contribution is -2.40. The van der Waals surface area contributed by atoms with Crippen molar-refractivity contribution >= 4 is 5.91 Å². The van der Waals surface area contributed by atoms with Gasteiger partial charge in [0, 0.05) is 17.9 Å². The summed E-state index contributed by atoms with van der Waals surface area (Å²) in [6.07, 6.45) is -0.0755. The molecule has 0 spiro atoms. The summed E-state index contributed by atoms with van der Waals surface area (Å²) >= 11 is 0. The van der Waals surface area contributed by atoms with E-state index >= 15 is 0 Å². The third kappa shape index (κ3) is 4.37. The van der Waals surface area contributed by atoms with Crippen LogP contribution in [0.15, 0.2) is 54.6 Å². The third-order valence-electron chi connectivity index (χ3n) is 3.21. The molecular weight excluding hydrogens is 287 g/mol. The van der Waals surface area contributed by atoms with E-state index in [-0.39, 0.29) is 13.0 Å². The van der Waals surface area contributed by atoms with Crippen molar-refractivity contribution in [2.45, 2.75) is 19.0 Å². The zero-order valence-electron chi connectivity index (χ0n) is 11.7. The molecule has 0 aliphatic carbocycles. The minimum atomic E-state index is -1.39. The van der Waals surface area contributed by atoms with E-state index < -0.39 is 22.7 Å². The van der Waals surface area contributed by atoms with E-state index in [9.17, 15) is 19.3 Å². The van der Waals surface area contributed by atoms with Crippen LogP contribution < -0.4 is 5.32 Å². The van der Waals surface area contributed by atoms with E-state index in [2.05, 4.69) is 5.32 Å². The molecule has 6 heteroatoms. The summed E-state index contributed by atoms with van der Waals surface area (Å²) < 4.78 is 12.8. The summed E-state index contributed by atoms with van der Waals surface area (Å²) in [5.41, 5.74) is 1.40. The molecule has 1 atom stereocenters. The number of rotatable bonds is 6. The maximum absolute atomic E-state index is 12.8. The molecule has 0 aromatic heterocycles. The second-order valence-corrected chi connectivity index (χ2v) is 4.84. The van der Waals surface area contributed by atoms with Gasteiger partial charge in [-0.1, -0.05) is 42.5 Å². The van der Waals surface area contributed by atoms with Crippen molar-refractivity contribution in [3.05, 3.63) is 81.7 Å². The van der Waals surface area contributed by atoms with Crippen LogP contribution in [0.1, 0.15) is 11.1 Å². The summed E-state index contributed by atoms with van der Waals surface area (Å²) in [6, 6.07) is 13.1. The van der Waals surface area contributed by atoms with Crippen LogP contribution in [-0.4, -0.2) is 16.9 Å². The monoisotopic (exact) mass is 302 g/mol. The van der Waals surface area contributed by atoms with Crippen molar-refractivity contribution in [1.82, 2.24) is 5.32 Å². The van der Waals surface area contributed by atoms with Gasteiger partial charge in [-0.25, -0.2) is 4.39 Å². The Labute approximate surface area is 126 Å². The lowest BCUT2D eigenvalue weighted by atomic mass is 10.1. The fraction of sp³-hybridized carbons (Fsp3) is 0.188. The van der Waals surface area contributed by atoms with E-state index in [1.807, 2.05) is 30.3 Å². The van der Waals surface area contributed by atoms with Gasteiger partial charge in [0.1, 0.15) is 5.82 Å². The number of hydrogen-bond acceptors (Lipinski definition) is 3. The molecule has 0 bridgehead atoms.